The van der Waals surface area contributed by atoms with E-state index in [-0.39, 0.29) is 0 Å². The molecule has 0 heterocycles. The summed E-state index contributed by atoms with van der Waals surface area (Å²) in [6.07, 6.45) is -9.48. The zero-order valence-electron chi connectivity index (χ0n) is 10.9. The topological polar surface area (TPSA) is 0 Å². The monoisotopic (exact) mass is 431 g/mol. The van der Waals surface area contributed by atoms with E-state index in [2.05, 4.69) is 0 Å². The average molecular weight is 431 g/mol. The normalized spacial score (nSPS) is 15.5. The van der Waals surface area contributed by atoms with Crippen LogP contribution in [-0.4, -0.2) is 35.5 Å². The predicted molar refractivity (Wildman–Crippen MR) is 45.5 cm³/mol. The van der Waals surface area contributed by atoms with Crippen LogP contribution < -0.4 is 0 Å². The molecule has 0 nitrogen and oxygen atoms in total. The van der Waals surface area contributed by atoms with Gasteiger partial charge in [0, 0.05) is 0 Å². The van der Waals surface area contributed by atoms with Crippen molar-refractivity contribution in [2.45, 2.75) is 35.5 Å². The van der Waals surface area contributed by atoms with Gasteiger partial charge in [-0.2, -0.15) is 74.6 Å². The summed E-state index contributed by atoms with van der Waals surface area (Å²) in [5.41, 5.74) is 0. The highest BCUT2D eigenvalue weighted by molar-refractivity contribution is 5.20. The highest BCUT2D eigenvalue weighted by atomic mass is 19.4. The summed E-state index contributed by atoms with van der Waals surface area (Å²) in [6.45, 7) is 0. The summed E-state index contributed by atoms with van der Waals surface area (Å²) >= 11 is 0. The smallest absolute Gasteiger partial charge is 0.199 e. The fourth-order valence-corrected chi connectivity index (χ4v) is 1.16. The quantitative estimate of drug-likeness (QED) is 0.415. The second kappa shape index (κ2) is 6.31. The Morgan fingerprint density at radius 3 is 0.885 bits per heavy atom. The third kappa shape index (κ3) is 2.95. The number of alkyl halides is 12. The minimum atomic E-state index is -8.43. The van der Waals surface area contributed by atoms with Crippen molar-refractivity contribution in [1.29, 1.82) is 0 Å². The molecular formula is C9F17. The Hall–Kier alpha value is -1.45. The molecule has 0 fully saturated rings. The summed E-state index contributed by atoms with van der Waals surface area (Å²) in [7, 11) is 0. The molecule has 0 aromatic heterocycles. The fraction of sp³-hybridized carbons (Fsp3) is 0.667. The van der Waals surface area contributed by atoms with Crippen molar-refractivity contribution < 1.29 is 74.6 Å². The molecule has 0 saturated heterocycles. The summed E-state index contributed by atoms with van der Waals surface area (Å²) < 4.78 is 211. The molecule has 0 rings (SSSR count). The van der Waals surface area contributed by atoms with E-state index < -0.39 is 53.9 Å². The Labute approximate surface area is 130 Å². The third-order valence-electron chi connectivity index (χ3n) is 2.65. The molecule has 0 bridgehead atoms. The van der Waals surface area contributed by atoms with E-state index in [4.69, 9.17) is 0 Å². The minimum Gasteiger partial charge on any atom is -0.199 e. The molecule has 0 aliphatic carbocycles. The van der Waals surface area contributed by atoms with Crippen molar-refractivity contribution in [3.63, 3.8) is 0 Å². The van der Waals surface area contributed by atoms with Crippen molar-refractivity contribution in [3.05, 3.63) is 18.3 Å². The molecule has 0 atom stereocenters. The fourth-order valence-electron chi connectivity index (χ4n) is 1.16. The Morgan fingerprint density at radius 2 is 0.654 bits per heavy atom. The molecular weight excluding hydrogens is 431 g/mol. The highest BCUT2D eigenvalue weighted by Crippen LogP contribution is 2.62. The molecule has 0 aliphatic heterocycles. The Balaban J connectivity index is 6.59. The molecule has 0 spiro atoms. The molecule has 1 radical (unpaired) electrons. The number of hydrogen-bond acceptors (Lipinski definition) is 0. The van der Waals surface area contributed by atoms with Crippen LogP contribution in [0.25, 0.3) is 0 Å². The van der Waals surface area contributed by atoms with Crippen LogP contribution in [0, 0.1) is 6.43 Å². The lowest BCUT2D eigenvalue weighted by molar-refractivity contribution is -0.424. The number of rotatable bonds is 7. The van der Waals surface area contributed by atoms with E-state index in [0.29, 0.717) is 0 Å². The summed E-state index contributed by atoms with van der Waals surface area (Å²) in [5.74, 6) is -53.1. The maximum atomic E-state index is 12.9. The van der Waals surface area contributed by atoms with Gasteiger partial charge in [0.1, 0.15) is 0 Å². The number of hydrogen-bond donors (Lipinski definition) is 0. The van der Waals surface area contributed by atoms with E-state index in [1.165, 1.54) is 0 Å². The summed E-state index contributed by atoms with van der Waals surface area (Å²) in [4.78, 5) is 0. The third-order valence-corrected chi connectivity index (χ3v) is 2.65. The molecule has 155 valence electrons. The first-order valence-corrected chi connectivity index (χ1v) is 5.21. The second-order valence-electron chi connectivity index (χ2n) is 4.28. The van der Waals surface area contributed by atoms with Gasteiger partial charge in [-0.1, -0.05) is 0 Å². The zero-order chi connectivity index (χ0) is 21.7. The first-order valence-electron chi connectivity index (χ1n) is 5.21. The summed E-state index contributed by atoms with van der Waals surface area (Å²) in [5, 5.41) is 0. The average Bonchev–Trinajstić information content (AvgIpc) is 2.44. The van der Waals surface area contributed by atoms with Gasteiger partial charge in [-0.25, -0.2) is 0 Å². The Kier molecular flexibility index (Phi) is 5.96. The molecule has 0 aromatic carbocycles. The zero-order valence-corrected chi connectivity index (χ0v) is 10.9. The molecule has 17 heteroatoms. The van der Waals surface area contributed by atoms with Crippen LogP contribution in [0.3, 0.4) is 0 Å². The SMILES string of the molecule is F[C](F)C(F)(F)C(F)(F)C(F)(F)C(F)(F)C(F)(F)C(F)(F)C(F)=C(F)F. The van der Waals surface area contributed by atoms with Gasteiger partial charge >= 0.3 is 48.0 Å². The standard InChI is InChI=1S/C9F17/c10-1(2(11)12)4(15,16)6(19,20)8(23,24)9(25,26)7(21,22)5(17,18)3(13)14. The van der Waals surface area contributed by atoms with Crippen molar-refractivity contribution in [2.75, 3.05) is 0 Å². The number of allylic oxidation sites excluding steroid dienone is 1. The molecule has 0 unspecified atom stereocenters. The van der Waals surface area contributed by atoms with Gasteiger partial charge in [0.2, 0.25) is 5.83 Å². The van der Waals surface area contributed by atoms with E-state index in [0.717, 1.165) is 0 Å². The lowest BCUT2D eigenvalue weighted by Gasteiger charge is -2.40. The first kappa shape index (κ1) is 24.6. The van der Waals surface area contributed by atoms with Crippen LogP contribution >= 0.6 is 0 Å². The van der Waals surface area contributed by atoms with Crippen molar-refractivity contribution >= 4 is 0 Å². The van der Waals surface area contributed by atoms with Gasteiger partial charge in [-0.05, 0) is 0 Å². The van der Waals surface area contributed by atoms with Crippen molar-refractivity contribution in [3.8, 4) is 0 Å². The first-order chi connectivity index (χ1) is 11.0. The lowest BCUT2D eigenvalue weighted by Crippen LogP contribution is -2.71. The molecule has 0 saturated carbocycles. The van der Waals surface area contributed by atoms with Crippen molar-refractivity contribution in [1.82, 2.24) is 0 Å². The largest absolute Gasteiger partial charge is 0.385 e. The van der Waals surface area contributed by atoms with E-state index in [1.807, 2.05) is 0 Å². The lowest BCUT2D eigenvalue weighted by atomic mass is 9.91. The van der Waals surface area contributed by atoms with Crippen LogP contribution in [0.1, 0.15) is 0 Å². The summed E-state index contributed by atoms with van der Waals surface area (Å²) in [6, 6.07) is 0. The van der Waals surface area contributed by atoms with Crippen LogP contribution in [0.5, 0.6) is 0 Å². The molecule has 0 N–H and O–H groups in total. The van der Waals surface area contributed by atoms with Gasteiger partial charge in [0.25, 0.3) is 0 Å². The van der Waals surface area contributed by atoms with Gasteiger partial charge in [0.05, 0.1) is 0 Å². The van der Waals surface area contributed by atoms with E-state index >= 15 is 0 Å². The highest BCUT2D eigenvalue weighted by Gasteiger charge is 2.92. The van der Waals surface area contributed by atoms with Crippen molar-refractivity contribution in [2.24, 2.45) is 0 Å². The number of halogens is 17. The van der Waals surface area contributed by atoms with Crippen LogP contribution in [0.15, 0.2) is 11.9 Å². The molecule has 0 aliphatic rings. The molecule has 0 amide bonds. The predicted octanol–water partition coefficient (Wildman–Crippen LogP) is 6.30. The maximum absolute atomic E-state index is 12.9. The van der Waals surface area contributed by atoms with Crippen LogP contribution in [-0.2, 0) is 0 Å². The van der Waals surface area contributed by atoms with E-state index in [1.54, 1.807) is 0 Å². The van der Waals surface area contributed by atoms with Crippen LogP contribution in [0.4, 0.5) is 74.6 Å². The van der Waals surface area contributed by atoms with Gasteiger partial charge in [-0.3, -0.25) is 0 Å². The Morgan fingerprint density at radius 1 is 0.385 bits per heavy atom. The minimum absolute atomic E-state index is 4.48. The molecule has 0 aromatic rings. The molecule has 26 heavy (non-hydrogen) atoms. The van der Waals surface area contributed by atoms with Gasteiger partial charge in [-0.15, -0.1) is 0 Å². The second-order valence-corrected chi connectivity index (χ2v) is 4.28. The van der Waals surface area contributed by atoms with Crippen LogP contribution in [0.2, 0.25) is 0 Å². The van der Waals surface area contributed by atoms with E-state index in [9.17, 15) is 74.6 Å². The van der Waals surface area contributed by atoms with Gasteiger partial charge < -0.3 is 0 Å². The van der Waals surface area contributed by atoms with Gasteiger partial charge in [0.15, 0.2) is 0 Å². The maximum Gasteiger partial charge on any atom is 0.385 e. The Bertz CT molecular complexity index is 551.